The van der Waals surface area contributed by atoms with Crippen LogP contribution in [0.25, 0.3) is 0 Å². The van der Waals surface area contributed by atoms with E-state index >= 15 is 0 Å². The number of hydrogen-bond acceptors (Lipinski definition) is 5. The SMILES string of the molecule is CCCCCCCCCCC/C=C/[C@@H](O)[C@H](COP(=O)(O)OCC[N+](C)(C)C)NC(=O)CCCCCCCCCCCCCCCCCCCCCCCCCCCCCCCCCCC. The van der Waals surface area contributed by atoms with E-state index in [-0.39, 0.29) is 19.1 Å². The van der Waals surface area contributed by atoms with Crippen LogP contribution in [0.2, 0.25) is 0 Å². The quantitative estimate of drug-likeness (QED) is 0.0243. The molecule has 3 atom stereocenters. The van der Waals surface area contributed by atoms with Crippen LogP contribution in [0, 0.1) is 0 Å². The second kappa shape index (κ2) is 49.2. The van der Waals surface area contributed by atoms with Gasteiger partial charge in [-0.1, -0.05) is 283 Å². The number of allylic oxidation sites excluding steroid dienone is 1. The Kier molecular flexibility index (Phi) is 48.7. The lowest BCUT2D eigenvalue weighted by Gasteiger charge is -2.25. The van der Waals surface area contributed by atoms with Crippen molar-refractivity contribution in [1.82, 2.24) is 5.32 Å². The average molecular weight is 957 g/mol. The van der Waals surface area contributed by atoms with E-state index in [2.05, 4.69) is 19.2 Å². The number of phosphoric ester groups is 1. The lowest BCUT2D eigenvalue weighted by Crippen LogP contribution is -2.45. The normalized spacial score (nSPS) is 14.0. The van der Waals surface area contributed by atoms with Crippen molar-refractivity contribution in [2.45, 2.75) is 309 Å². The predicted molar refractivity (Wildman–Crippen MR) is 286 cm³/mol. The molecule has 0 spiro atoms. The highest BCUT2D eigenvalue weighted by atomic mass is 31.2. The summed E-state index contributed by atoms with van der Waals surface area (Å²) in [5.74, 6) is -0.172. The van der Waals surface area contributed by atoms with Gasteiger partial charge in [-0.2, -0.15) is 0 Å². The first-order chi connectivity index (χ1) is 32.0. The van der Waals surface area contributed by atoms with E-state index in [1.807, 2.05) is 27.2 Å². The molecule has 0 aliphatic carbocycles. The topological polar surface area (TPSA) is 105 Å². The second-order valence-electron chi connectivity index (χ2n) is 21.4. The molecule has 0 saturated heterocycles. The Labute approximate surface area is 412 Å². The number of amides is 1. The zero-order chi connectivity index (χ0) is 48.5. The molecule has 0 rings (SSSR count). The van der Waals surface area contributed by atoms with Crippen LogP contribution in [0.4, 0.5) is 0 Å². The Morgan fingerprint density at radius 1 is 0.500 bits per heavy atom. The highest BCUT2D eigenvalue weighted by Crippen LogP contribution is 2.43. The van der Waals surface area contributed by atoms with E-state index in [4.69, 9.17) is 9.05 Å². The molecule has 0 aromatic rings. The molecule has 0 aromatic heterocycles. The maximum Gasteiger partial charge on any atom is 0.472 e. The number of nitrogens with one attached hydrogen (secondary N) is 1. The number of rotatable bonds is 54. The number of carbonyl (C=O) groups is 1. The first-order valence-electron chi connectivity index (χ1n) is 29.1. The van der Waals surface area contributed by atoms with Crippen LogP contribution < -0.4 is 5.32 Å². The lowest BCUT2D eigenvalue weighted by molar-refractivity contribution is -0.870. The Bertz CT molecular complexity index is 1080. The van der Waals surface area contributed by atoms with Crippen molar-refractivity contribution >= 4 is 13.7 Å². The summed E-state index contributed by atoms with van der Waals surface area (Å²) in [6.07, 6.45) is 60.5. The molecule has 0 radical (unpaired) electrons. The summed E-state index contributed by atoms with van der Waals surface area (Å²) in [6.45, 7) is 4.84. The van der Waals surface area contributed by atoms with Crippen molar-refractivity contribution in [2.75, 3.05) is 40.9 Å². The van der Waals surface area contributed by atoms with Crippen molar-refractivity contribution in [3.63, 3.8) is 0 Å². The Morgan fingerprint density at radius 3 is 1.12 bits per heavy atom. The van der Waals surface area contributed by atoms with Crippen LogP contribution in [0.3, 0.4) is 0 Å². The molecule has 0 fully saturated rings. The zero-order valence-electron chi connectivity index (χ0n) is 45.0. The van der Waals surface area contributed by atoms with Gasteiger partial charge < -0.3 is 19.8 Å². The Hall–Kier alpha value is -0.760. The summed E-state index contributed by atoms with van der Waals surface area (Å²) in [5, 5.41) is 13.9. The predicted octanol–water partition coefficient (Wildman–Crippen LogP) is 17.4. The highest BCUT2D eigenvalue weighted by Gasteiger charge is 2.27. The number of carbonyl (C=O) groups excluding carboxylic acids is 1. The summed E-state index contributed by atoms with van der Waals surface area (Å²) < 4.78 is 23.6. The number of phosphoric acid groups is 1. The molecule has 1 unspecified atom stereocenters. The molecule has 0 aliphatic rings. The van der Waals surface area contributed by atoms with Gasteiger partial charge in [-0.25, -0.2) is 4.57 Å². The largest absolute Gasteiger partial charge is 0.472 e. The van der Waals surface area contributed by atoms with Crippen molar-refractivity contribution < 1.29 is 32.9 Å². The minimum absolute atomic E-state index is 0.0647. The number of quaternary nitrogens is 1. The third kappa shape index (κ3) is 51.1. The van der Waals surface area contributed by atoms with Crippen LogP contribution in [0.5, 0.6) is 0 Å². The molecule has 0 heterocycles. The van der Waals surface area contributed by atoms with E-state index in [0.717, 1.165) is 38.5 Å². The molecule has 0 saturated carbocycles. The van der Waals surface area contributed by atoms with Gasteiger partial charge in [-0.15, -0.1) is 0 Å². The highest BCUT2D eigenvalue weighted by molar-refractivity contribution is 7.47. The molecule has 3 N–H and O–H groups in total. The second-order valence-corrected chi connectivity index (χ2v) is 22.8. The fourth-order valence-corrected chi connectivity index (χ4v) is 9.66. The standard InChI is InChI=1S/C57H115N2O6P/c1-6-8-10-12-14-16-18-19-20-21-22-23-24-25-26-27-28-29-30-31-32-33-34-35-36-37-38-39-41-43-45-47-49-51-57(61)58-55(54-65-66(62,63)64-53-52-59(3,4)5)56(60)50-48-46-44-42-40-17-15-13-11-9-7-2/h48,50,55-56,60H,6-47,49,51-54H2,1-5H3,(H-,58,61,62,63)/p+1/b50-48+/t55-,56+/m0/s1. The number of likely N-dealkylation sites (N-methyl/N-ethyl adjacent to an activating group) is 1. The molecule has 1 amide bonds. The van der Waals surface area contributed by atoms with E-state index < -0.39 is 20.0 Å². The monoisotopic (exact) mass is 956 g/mol. The molecule has 8 nitrogen and oxygen atoms in total. The molecular weight excluding hydrogens is 840 g/mol. The van der Waals surface area contributed by atoms with Crippen LogP contribution in [-0.4, -0.2) is 73.4 Å². The lowest BCUT2D eigenvalue weighted by atomic mass is 10.0. The van der Waals surface area contributed by atoms with Gasteiger partial charge in [0.25, 0.3) is 0 Å². The first kappa shape index (κ1) is 65.2. The minimum atomic E-state index is -4.33. The number of hydrogen-bond donors (Lipinski definition) is 3. The molecule has 0 aromatic carbocycles. The molecule has 0 aliphatic heterocycles. The number of aliphatic hydroxyl groups excluding tert-OH is 1. The Balaban J connectivity index is 3.90. The van der Waals surface area contributed by atoms with E-state index in [1.54, 1.807) is 6.08 Å². The van der Waals surface area contributed by atoms with Crippen molar-refractivity contribution in [3.05, 3.63) is 12.2 Å². The Morgan fingerprint density at radius 2 is 0.803 bits per heavy atom. The number of nitrogens with zero attached hydrogens (tertiary/aromatic N) is 1. The summed E-state index contributed by atoms with van der Waals surface area (Å²) in [6, 6.07) is -0.840. The maximum absolute atomic E-state index is 12.9. The van der Waals surface area contributed by atoms with Crippen LogP contribution in [-0.2, 0) is 18.4 Å². The smallest absolute Gasteiger partial charge is 0.387 e. The van der Waals surface area contributed by atoms with Crippen LogP contribution in [0.15, 0.2) is 12.2 Å². The van der Waals surface area contributed by atoms with E-state index in [0.29, 0.717) is 17.4 Å². The van der Waals surface area contributed by atoms with Gasteiger partial charge in [-0.05, 0) is 19.3 Å². The first-order valence-corrected chi connectivity index (χ1v) is 30.6. The minimum Gasteiger partial charge on any atom is -0.387 e. The molecule has 66 heavy (non-hydrogen) atoms. The number of unbranched alkanes of at least 4 members (excludes halogenated alkanes) is 41. The fourth-order valence-electron chi connectivity index (χ4n) is 8.93. The van der Waals surface area contributed by atoms with Gasteiger partial charge in [-0.3, -0.25) is 13.8 Å². The van der Waals surface area contributed by atoms with Crippen molar-refractivity contribution in [3.8, 4) is 0 Å². The molecular formula is C57H116N2O6P+. The summed E-state index contributed by atoms with van der Waals surface area (Å²) in [7, 11) is 1.59. The zero-order valence-corrected chi connectivity index (χ0v) is 45.9. The van der Waals surface area contributed by atoms with Gasteiger partial charge in [0.1, 0.15) is 13.2 Å². The average Bonchev–Trinajstić information content (AvgIpc) is 3.28. The van der Waals surface area contributed by atoms with E-state index in [1.165, 1.54) is 238 Å². The van der Waals surface area contributed by atoms with Crippen molar-refractivity contribution in [1.29, 1.82) is 0 Å². The maximum atomic E-state index is 12.9. The van der Waals surface area contributed by atoms with Crippen molar-refractivity contribution in [2.24, 2.45) is 0 Å². The summed E-state index contributed by atoms with van der Waals surface area (Å²) >= 11 is 0. The van der Waals surface area contributed by atoms with Gasteiger partial charge >= 0.3 is 7.82 Å². The molecule has 0 bridgehead atoms. The third-order valence-corrected chi connectivity index (χ3v) is 14.5. The summed E-state index contributed by atoms with van der Waals surface area (Å²) in [4.78, 5) is 23.2. The van der Waals surface area contributed by atoms with Gasteiger partial charge in [0.05, 0.1) is 39.9 Å². The van der Waals surface area contributed by atoms with Crippen LogP contribution >= 0.6 is 7.82 Å². The van der Waals surface area contributed by atoms with Crippen LogP contribution in [0.1, 0.15) is 296 Å². The molecule has 9 heteroatoms. The fraction of sp³-hybridized carbons (Fsp3) is 0.947. The third-order valence-electron chi connectivity index (χ3n) is 13.5. The summed E-state index contributed by atoms with van der Waals surface area (Å²) in [5.41, 5.74) is 0. The number of aliphatic hydroxyl groups is 1. The van der Waals surface area contributed by atoms with E-state index in [9.17, 15) is 19.4 Å². The molecule has 394 valence electrons. The van der Waals surface area contributed by atoms with Gasteiger partial charge in [0.2, 0.25) is 5.91 Å². The van der Waals surface area contributed by atoms with Gasteiger partial charge in [0.15, 0.2) is 0 Å². The van der Waals surface area contributed by atoms with Gasteiger partial charge in [0, 0.05) is 6.42 Å².